The molecule has 0 heterocycles. The van der Waals surface area contributed by atoms with Gasteiger partial charge in [-0.2, -0.15) is 0 Å². The summed E-state index contributed by atoms with van der Waals surface area (Å²) >= 11 is -4.17. The summed E-state index contributed by atoms with van der Waals surface area (Å²) in [6, 6.07) is 98.1. The van der Waals surface area contributed by atoms with Gasteiger partial charge in [-0.3, -0.25) is 6.79 Å². The molecule has 0 N–H and O–H groups in total. The Morgan fingerprint density at radius 3 is 0.350 bits per heavy atom. The van der Waals surface area contributed by atoms with E-state index < -0.39 is 44.0 Å². The van der Waals surface area contributed by atoms with Gasteiger partial charge in [0.25, 0.3) is 0 Å². The zero-order chi connectivity index (χ0) is 40.7. The van der Waals surface area contributed by atoms with Crippen molar-refractivity contribution >= 4 is 89.9 Å². The minimum atomic E-state index is -1.39. The topological polar surface area (TPSA) is 17.1 Å². The van der Waals surface area contributed by atoms with Crippen LogP contribution in [0.15, 0.2) is 273 Å². The average molecular weight is 1050 g/mol. The maximum atomic E-state index is 7.75. The molecule has 9 aromatic rings. The second-order valence-electron chi connectivity index (χ2n) is 13.0. The fourth-order valence-corrected chi connectivity index (χ4v) is 21.0. The molecule has 0 aliphatic heterocycles. The first-order valence-electron chi connectivity index (χ1n) is 19.4. The Morgan fingerprint density at radius 1 is 0.183 bits per heavy atom. The van der Waals surface area contributed by atoms with E-state index in [0.717, 1.165) is 0 Å². The first-order valence-corrected chi connectivity index (χ1v) is 27.9. The molecule has 0 aromatic heterocycles. The van der Waals surface area contributed by atoms with Crippen molar-refractivity contribution in [1.29, 1.82) is 0 Å². The third-order valence-electron chi connectivity index (χ3n) is 9.13. The second kappa shape index (κ2) is 26.2. The second-order valence-corrected chi connectivity index (χ2v) is 27.0. The van der Waals surface area contributed by atoms with Gasteiger partial charge >= 0.3 is 356 Å². The number of hydrogen-bond donors (Lipinski definition) is 0. The van der Waals surface area contributed by atoms with Crippen molar-refractivity contribution in [3.05, 3.63) is 273 Å². The summed E-state index contributed by atoms with van der Waals surface area (Å²) in [7, 11) is 0. The van der Waals surface area contributed by atoms with E-state index in [1.54, 1.807) is 0 Å². The van der Waals surface area contributed by atoms with Crippen molar-refractivity contribution in [3.63, 3.8) is 0 Å². The molecule has 0 amide bonds. The molecule has 0 aliphatic carbocycles. The summed E-state index contributed by atoms with van der Waals surface area (Å²) in [5.41, 5.74) is 0. The van der Waals surface area contributed by atoms with Gasteiger partial charge in [0, 0.05) is 19.5 Å². The Morgan fingerprint density at radius 2 is 0.267 bits per heavy atom. The Bertz CT molecular complexity index is 1890. The van der Waals surface area contributed by atoms with E-state index in [-0.39, 0.29) is 19.5 Å². The molecule has 297 valence electrons. The van der Waals surface area contributed by atoms with E-state index in [2.05, 4.69) is 280 Å². The van der Waals surface area contributed by atoms with Gasteiger partial charge in [-0.05, 0) is 0 Å². The third-order valence-corrected chi connectivity index (χ3v) is 24.5. The number of rotatable bonds is 9. The molecule has 60 heavy (non-hydrogen) atoms. The number of benzene rings is 9. The van der Waals surface area contributed by atoms with E-state index >= 15 is 0 Å². The standard InChI is InChI=1S/3C18H15As.CHO.Rh/c3*1-4-10-16(11-5-1)19(17-12-6-2-7-13-17)18-14-8-3-9-15-18;1-2;/h3*1-15H;1H;/q;;;-1;. The van der Waals surface area contributed by atoms with E-state index in [1.165, 1.54) is 39.2 Å². The van der Waals surface area contributed by atoms with Crippen molar-refractivity contribution in [3.8, 4) is 0 Å². The molecule has 9 aromatic carbocycles. The van der Waals surface area contributed by atoms with Crippen LogP contribution in [0.1, 0.15) is 0 Å². The van der Waals surface area contributed by atoms with Gasteiger partial charge in [-0.25, -0.2) is 0 Å². The third kappa shape index (κ3) is 13.5. The first kappa shape index (κ1) is 46.0. The Balaban J connectivity index is 0.000000166. The predicted molar refractivity (Wildman–Crippen MR) is 259 cm³/mol. The molecule has 0 spiro atoms. The van der Waals surface area contributed by atoms with E-state index in [9.17, 15) is 0 Å². The molecule has 0 saturated carbocycles. The number of carbonyl (C=O) groups excluding carboxylic acids is 1. The summed E-state index contributed by atoms with van der Waals surface area (Å²) in [5, 5.41) is 0. The zero-order valence-corrected chi connectivity index (χ0v) is 40.4. The summed E-state index contributed by atoms with van der Waals surface area (Å²) < 4.78 is 13.3. The Labute approximate surface area is 383 Å². The quantitative estimate of drug-likeness (QED) is 0.0940. The molecule has 0 atom stereocenters. The van der Waals surface area contributed by atoms with Crippen LogP contribution in [0.25, 0.3) is 0 Å². The Hall–Kier alpha value is -5.05. The van der Waals surface area contributed by atoms with Crippen LogP contribution in [-0.4, -0.2) is 50.7 Å². The summed E-state index contributed by atoms with van der Waals surface area (Å²) in [6.07, 6.45) is 0. The molecule has 9 rings (SSSR count). The van der Waals surface area contributed by atoms with Crippen molar-refractivity contribution in [1.82, 2.24) is 0 Å². The molecule has 1 nitrogen and oxygen atoms in total. The molecule has 5 heteroatoms. The molecular formula is C55H46As3ORh-. The van der Waals surface area contributed by atoms with Crippen LogP contribution >= 0.6 is 0 Å². The van der Waals surface area contributed by atoms with Crippen LogP contribution in [0.3, 0.4) is 0 Å². The van der Waals surface area contributed by atoms with Gasteiger partial charge in [0.05, 0.1) is 0 Å². The van der Waals surface area contributed by atoms with Gasteiger partial charge in [-0.15, -0.1) is 0 Å². The van der Waals surface area contributed by atoms with Crippen LogP contribution < -0.4 is 39.2 Å². The van der Waals surface area contributed by atoms with Crippen LogP contribution in [0, 0.1) is 0 Å². The van der Waals surface area contributed by atoms with Crippen molar-refractivity contribution in [2.45, 2.75) is 0 Å². The van der Waals surface area contributed by atoms with Gasteiger partial charge < -0.3 is 4.79 Å². The summed E-state index contributed by atoms with van der Waals surface area (Å²) in [4.78, 5) is 7.75. The molecule has 0 unspecified atom stereocenters. The molecule has 0 saturated heterocycles. The Kier molecular flexibility index (Phi) is 20.1. The summed E-state index contributed by atoms with van der Waals surface area (Å²) in [6.45, 7) is 3.25. The van der Waals surface area contributed by atoms with E-state index in [1.807, 2.05) is 0 Å². The van der Waals surface area contributed by atoms with Gasteiger partial charge in [0.1, 0.15) is 0 Å². The van der Waals surface area contributed by atoms with E-state index in [0.29, 0.717) is 0 Å². The van der Waals surface area contributed by atoms with Crippen LogP contribution in [0.4, 0.5) is 0 Å². The predicted octanol–water partition coefficient (Wildman–Crippen LogP) is 6.33. The normalized spacial score (nSPS) is 10.1. The first-order chi connectivity index (χ1) is 29.3. The van der Waals surface area contributed by atoms with E-state index in [4.69, 9.17) is 4.79 Å². The molecule has 0 fully saturated rings. The minimum absolute atomic E-state index is 0. The molecule has 1 radical (unpaired) electrons. The van der Waals surface area contributed by atoms with Crippen LogP contribution in [0.5, 0.6) is 0 Å². The molecular weight excluding hydrogens is 1000 g/mol. The van der Waals surface area contributed by atoms with Crippen molar-refractivity contribution in [2.24, 2.45) is 0 Å². The molecule has 0 bridgehead atoms. The van der Waals surface area contributed by atoms with Crippen LogP contribution in [0.2, 0.25) is 0 Å². The fourth-order valence-electron chi connectivity index (χ4n) is 6.54. The molecule has 0 aliphatic rings. The number of hydrogen-bond acceptors (Lipinski definition) is 1. The van der Waals surface area contributed by atoms with Gasteiger partial charge in [0.2, 0.25) is 0 Å². The van der Waals surface area contributed by atoms with Crippen LogP contribution in [-0.2, 0) is 24.3 Å². The van der Waals surface area contributed by atoms with Gasteiger partial charge in [0.15, 0.2) is 0 Å². The maximum absolute atomic E-state index is 7.75. The average Bonchev–Trinajstić information content (AvgIpc) is 3.34. The summed E-state index contributed by atoms with van der Waals surface area (Å²) in [5.74, 6) is 0. The monoisotopic (exact) mass is 1050 g/mol. The fraction of sp³-hybridized carbons (Fsp3) is 0. The van der Waals surface area contributed by atoms with Crippen molar-refractivity contribution < 1.29 is 24.3 Å². The SMILES string of the molecule is [CH-]=O.[Rh].c1ccc([As](c2ccccc2)c2ccccc2)cc1.c1ccc([As](c2ccccc2)c2ccccc2)cc1.c1ccc([As](c2ccccc2)c2ccccc2)cc1. The van der Waals surface area contributed by atoms with Crippen molar-refractivity contribution in [2.75, 3.05) is 0 Å². The van der Waals surface area contributed by atoms with Gasteiger partial charge in [-0.1, -0.05) is 0 Å². The zero-order valence-electron chi connectivity index (χ0n) is 33.1.